The summed E-state index contributed by atoms with van der Waals surface area (Å²) in [4.78, 5) is 16.7. The van der Waals surface area contributed by atoms with Gasteiger partial charge < -0.3 is 15.0 Å². The van der Waals surface area contributed by atoms with Crippen molar-refractivity contribution >= 4 is 5.91 Å². The lowest BCUT2D eigenvalue weighted by Crippen LogP contribution is -2.52. The molecule has 2 aliphatic rings. The summed E-state index contributed by atoms with van der Waals surface area (Å²) in [6.45, 7) is 9.37. The van der Waals surface area contributed by atoms with Gasteiger partial charge in [-0.15, -0.1) is 6.58 Å². The van der Waals surface area contributed by atoms with Gasteiger partial charge in [-0.25, -0.2) is 0 Å². The summed E-state index contributed by atoms with van der Waals surface area (Å²) >= 11 is 0. The summed E-state index contributed by atoms with van der Waals surface area (Å²) in [5.74, 6) is 0.228. The van der Waals surface area contributed by atoms with Crippen LogP contribution >= 0.6 is 0 Å². The molecule has 0 aliphatic carbocycles. The van der Waals surface area contributed by atoms with Gasteiger partial charge in [0.05, 0.1) is 19.1 Å². The van der Waals surface area contributed by atoms with Crippen molar-refractivity contribution in [1.29, 1.82) is 0 Å². The molecule has 2 heterocycles. The average molecular weight is 253 g/mol. The number of hydrogen-bond donors (Lipinski definition) is 1. The van der Waals surface area contributed by atoms with Crippen molar-refractivity contribution in [3.05, 3.63) is 12.7 Å². The van der Waals surface area contributed by atoms with E-state index in [4.69, 9.17) is 4.74 Å². The molecule has 0 saturated carbocycles. The van der Waals surface area contributed by atoms with Gasteiger partial charge in [-0.2, -0.15) is 0 Å². The minimum atomic E-state index is -0.0130. The second kappa shape index (κ2) is 6.31. The smallest absolute Gasteiger partial charge is 0.229 e. The number of carbonyl (C=O) groups is 1. The Bertz CT molecular complexity index is 301. The van der Waals surface area contributed by atoms with Crippen LogP contribution in [-0.4, -0.2) is 74.7 Å². The van der Waals surface area contributed by atoms with Crippen LogP contribution in [0.25, 0.3) is 0 Å². The molecule has 5 heteroatoms. The summed E-state index contributed by atoms with van der Waals surface area (Å²) in [7, 11) is 1.89. The van der Waals surface area contributed by atoms with E-state index in [1.54, 1.807) is 0 Å². The van der Waals surface area contributed by atoms with E-state index in [-0.39, 0.29) is 17.9 Å². The zero-order valence-corrected chi connectivity index (χ0v) is 11.1. The van der Waals surface area contributed by atoms with Crippen molar-refractivity contribution in [3.8, 4) is 0 Å². The van der Waals surface area contributed by atoms with Gasteiger partial charge in [0.25, 0.3) is 0 Å². The minimum absolute atomic E-state index is 0.0130. The molecule has 5 nitrogen and oxygen atoms in total. The molecule has 2 rings (SSSR count). The monoisotopic (exact) mass is 253 g/mol. The van der Waals surface area contributed by atoms with Crippen LogP contribution in [0.2, 0.25) is 0 Å². The van der Waals surface area contributed by atoms with E-state index >= 15 is 0 Å². The number of carbonyl (C=O) groups excluding carboxylic acids is 1. The lowest BCUT2D eigenvalue weighted by molar-refractivity contribution is -0.137. The third-order valence-corrected chi connectivity index (χ3v) is 3.84. The molecule has 2 atom stereocenters. The molecule has 0 spiro atoms. The molecule has 2 aliphatic heterocycles. The Morgan fingerprint density at radius 3 is 2.72 bits per heavy atom. The summed E-state index contributed by atoms with van der Waals surface area (Å²) < 4.78 is 5.40. The predicted octanol–water partition coefficient (Wildman–Crippen LogP) is -0.449. The molecule has 1 amide bonds. The van der Waals surface area contributed by atoms with E-state index < -0.39 is 0 Å². The maximum Gasteiger partial charge on any atom is 0.229 e. The van der Waals surface area contributed by atoms with E-state index in [9.17, 15) is 4.79 Å². The number of ether oxygens (including phenoxy) is 1. The first-order chi connectivity index (χ1) is 8.76. The van der Waals surface area contributed by atoms with Crippen LogP contribution in [0.5, 0.6) is 0 Å². The van der Waals surface area contributed by atoms with E-state index in [1.165, 1.54) is 0 Å². The van der Waals surface area contributed by atoms with Crippen molar-refractivity contribution in [2.45, 2.75) is 6.04 Å². The van der Waals surface area contributed by atoms with Crippen LogP contribution in [-0.2, 0) is 9.53 Å². The molecular formula is C13H23N3O2. The predicted molar refractivity (Wildman–Crippen MR) is 70.4 cm³/mol. The van der Waals surface area contributed by atoms with Crippen molar-refractivity contribution in [2.24, 2.45) is 5.92 Å². The number of amides is 1. The minimum Gasteiger partial charge on any atom is -0.379 e. The standard InChI is InChI=1S/C13H23N3O2/c1-3-4-15-5-7-16(8-6-15)13(17)11-9-18-10-12(11)14-2/h3,11-12,14H,1,4-10H2,2H3. The largest absolute Gasteiger partial charge is 0.379 e. The molecule has 102 valence electrons. The van der Waals surface area contributed by atoms with Crippen LogP contribution in [0.15, 0.2) is 12.7 Å². The highest BCUT2D eigenvalue weighted by Crippen LogP contribution is 2.17. The Morgan fingerprint density at radius 2 is 2.11 bits per heavy atom. The topological polar surface area (TPSA) is 44.8 Å². The Kier molecular flexibility index (Phi) is 4.74. The number of hydrogen-bond acceptors (Lipinski definition) is 4. The van der Waals surface area contributed by atoms with Gasteiger partial charge in [0.1, 0.15) is 0 Å². The number of piperazine rings is 1. The second-order valence-electron chi connectivity index (χ2n) is 4.95. The highest BCUT2D eigenvalue weighted by Gasteiger charge is 2.36. The van der Waals surface area contributed by atoms with E-state index in [0.29, 0.717) is 13.2 Å². The fraction of sp³-hybridized carbons (Fsp3) is 0.769. The van der Waals surface area contributed by atoms with Gasteiger partial charge >= 0.3 is 0 Å². The number of likely N-dealkylation sites (N-methyl/N-ethyl adjacent to an activating group) is 1. The molecule has 2 saturated heterocycles. The first-order valence-corrected chi connectivity index (χ1v) is 6.63. The first-order valence-electron chi connectivity index (χ1n) is 6.63. The Labute approximate surface area is 109 Å². The number of rotatable bonds is 4. The van der Waals surface area contributed by atoms with Gasteiger partial charge in [0, 0.05) is 38.8 Å². The van der Waals surface area contributed by atoms with Gasteiger partial charge in [0.2, 0.25) is 5.91 Å². The fourth-order valence-electron chi connectivity index (χ4n) is 2.65. The third-order valence-electron chi connectivity index (χ3n) is 3.84. The molecule has 0 radical (unpaired) electrons. The van der Waals surface area contributed by atoms with Crippen LogP contribution < -0.4 is 5.32 Å². The van der Waals surface area contributed by atoms with Crippen LogP contribution in [0.4, 0.5) is 0 Å². The number of nitrogens with zero attached hydrogens (tertiary/aromatic N) is 2. The molecule has 18 heavy (non-hydrogen) atoms. The van der Waals surface area contributed by atoms with E-state index in [2.05, 4.69) is 16.8 Å². The second-order valence-corrected chi connectivity index (χ2v) is 4.95. The highest BCUT2D eigenvalue weighted by atomic mass is 16.5. The zero-order valence-electron chi connectivity index (χ0n) is 11.1. The van der Waals surface area contributed by atoms with Crippen molar-refractivity contribution in [2.75, 3.05) is 53.0 Å². The highest BCUT2D eigenvalue weighted by molar-refractivity contribution is 5.80. The quantitative estimate of drug-likeness (QED) is 0.689. The van der Waals surface area contributed by atoms with Crippen molar-refractivity contribution in [3.63, 3.8) is 0 Å². The average Bonchev–Trinajstić information content (AvgIpc) is 2.87. The van der Waals surface area contributed by atoms with E-state index in [0.717, 1.165) is 32.7 Å². The summed E-state index contributed by atoms with van der Waals surface area (Å²) in [5, 5.41) is 3.17. The Hall–Kier alpha value is -0.910. The fourth-order valence-corrected chi connectivity index (χ4v) is 2.65. The summed E-state index contributed by atoms with van der Waals surface area (Å²) in [6.07, 6.45) is 1.92. The van der Waals surface area contributed by atoms with E-state index in [1.807, 2.05) is 18.0 Å². The molecule has 1 N–H and O–H groups in total. The molecule has 0 aromatic rings. The zero-order chi connectivity index (χ0) is 13.0. The summed E-state index contributed by atoms with van der Waals surface area (Å²) in [6, 6.07) is 0.170. The van der Waals surface area contributed by atoms with Gasteiger partial charge in [-0.1, -0.05) is 6.08 Å². The normalized spacial score (nSPS) is 29.5. The van der Waals surface area contributed by atoms with Crippen LogP contribution in [0.1, 0.15) is 0 Å². The molecular weight excluding hydrogens is 230 g/mol. The summed E-state index contributed by atoms with van der Waals surface area (Å²) in [5.41, 5.74) is 0. The van der Waals surface area contributed by atoms with Crippen molar-refractivity contribution in [1.82, 2.24) is 15.1 Å². The molecule has 2 fully saturated rings. The van der Waals surface area contributed by atoms with Crippen molar-refractivity contribution < 1.29 is 9.53 Å². The lowest BCUT2D eigenvalue weighted by Gasteiger charge is -2.36. The Balaban J connectivity index is 1.85. The third kappa shape index (κ3) is 2.91. The van der Waals surface area contributed by atoms with Crippen LogP contribution in [0.3, 0.4) is 0 Å². The number of nitrogens with one attached hydrogen (secondary N) is 1. The van der Waals surface area contributed by atoms with Gasteiger partial charge in [-0.05, 0) is 7.05 Å². The molecule has 0 aromatic heterocycles. The first kappa shape index (κ1) is 13.5. The van der Waals surface area contributed by atoms with Gasteiger partial charge in [0.15, 0.2) is 0 Å². The molecule has 0 aromatic carbocycles. The Morgan fingerprint density at radius 1 is 1.39 bits per heavy atom. The maximum atomic E-state index is 12.4. The maximum absolute atomic E-state index is 12.4. The van der Waals surface area contributed by atoms with Crippen LogP contribution in [0, 0.1) is 5.92 Å². The van der Waals surface area contributed by atoms with Gasteiger partial charge in [-0.3, -0.25) is 9.69 Å². The molecule has 0 bridgehead atoms. The SMILES string of the molecule is C=CCN1CCN(C(=O)C2COCC2NC)CC1. The molecule has 2 unspecified atom stereocenters. The lowest BCUT2D eigenvalue weighted by atomic mass is 10.0.